The molecule has 1 aromatic carbocycles. The fraction of sp³-hybridized carbons (Fsp3) is 0.350. The second-order valence-corrected chi connectivity index (χ2v) is 7.30. The van der Waals surface area contributed by atoms with Gasteiger partial charge in [0.2, 0.25) is 17.7 Å². The van der Waals surface area contributed by atoms with Gasteiger partial charge in [-0.2, -0.15) is 12.6 Å². The van der Waals surface area contributed by atoms with E-state index in [0.717, 1.165) is 5.56 Å². The number of rotatable bonds is 12. The van der Waals surface area contributed by atoms with Crippen LogP contribution in [0.5, 0.6) is 0 Å². The summed E-state index contributed by atoms with van der Waals surface area (Å²) < 4.78 is 0. The first-order valence-corrected chi connectivity index (χ1v) is 10.4. The van der Waals surface area contributed by atoms with Gasteiger partial charge in [-0.3, -0.25) is 14.4 Å². The van der Waals surface area contributed by atoms with E-state index < -0.39 is 41.8 Å². The van der Waals surface area contributed by atoms with Gasteiger partial charge in [-0.1, -0.05) is 30.3 Å². The largest absolute Gasteiger partial charge is 0.480 e. The average molecular weight is 463 g/mol. The number of hydrogen-bond donors (Lipinski definition) is 7. The van der Waals surface area contributed by atoms with Crippen molar-refractivity contribution in [3.05, 3.63) is 54.1 Å². The monoisotopic (exact) mass is 462 g/mol. The smallest absolute Gasteiger partial charge is 0.327 e. The predicted molar refractivity (Wildman–Crippen MR) is 119 cm³/mol. The van der Waals surface area contributed by atoms with Crippen LogP contribution in [0.2, 0.25) is 0 Å². The molecule has 0 aliphatic carbocycles. The third-order valence-corrected chi connectivity index (χ3v) is 4.89. The number of aromatic nitrogens is 2. The number of carbonyl (C=O) groups excluding carboxylic acids is 3. The summed E-state index contributed by atoms with van der Waals surface area (Å²) in [5, 5.41) is 16.7. The van der Waals surface area contributed by atoms with Gasteiger partial charge in [0.15, 0.2) is 0 Å². The number of thiol groups is 1. The Morgan fingerprint density at radius 2 is 1.62 bits per heavy atom. The lowest BCUT2D eigenvalue weighted by Crippen LogP contribution is -2.57. The second kappa shape index (κ2) is 12.5. The molecule has 0 saturated heterocycles. The molecule has 32 heavy (non-hydrogen) atoms. The van der Waals surface area contributed by atoms with E-state index in [2.05, 4.69) is 38.5 Å². The molecule has 1 aromatic heterocycles. The molecule has 0 saturated carbocycles. The minimum Gasteiger partial charge on any atom is -0.480 e. The van der Waals surface area contributed by atoms with Crippen LogP contribution in [0.4, 0.5) is 0 Å². The topological polar surface area (TPSA) is 179 Å². The summed E-state index contributed by atoms with van der Waals surface area (Å²) in [7, 11) is 0. The number of carbonyl (C=O) groups is 4. The first-order chi connectivity index (χ1) is 15.3. The van der Waals surface area contributed by atoms with Gasteiger partial charge in [0.05, 0.1) is 12.9 Å². The first kappa shape index (κ1) is 24.9. The van der Waals surface area contributed by atoms with Crippen molar-refractivity contribution in [2.45, 2.75) is 31.0 Å². The van der Waals surface area contributed by atoms with Crippen LogP contribution >= 0.6 is 12.6 Å². The molecule has 12 heteroatoms. The number of nitrogens with zero attached hydrogens (tertiary/aromatic N) is 1. The molecular weight excluding hydrogens is 436 g/mol. The minimum absolute atomic E-state index is 0.0272. The molecule has 2 aromatic rings. The molecule has 3 unspecified atom stereocenters. The SMILES string of the molecule is NCC(=O)NC(Cc1ccccc1)C(=O)NC(Cc1cnc[nH]1)C(=O)NC(CS)C(=O)O. The maximum atomic E-state index is 13.0. The van der Waals surface area contributed by atoms with Crippen LogP contribution in [0.3, 0.4) is 0 Å². The molecule has 0 radical (unpaired) electrons. The Morgan fingerprint density at radius 3 is 2.16 bits per heavy atom. The van der Waals surface area contributed by atoms with Gasteiger partial charge >= 0.3 is 5.97 Å². The molecule has 0 aliphatic rings. The Hall–Kier alpha value is -3.38. The summed E-state index contributed by atoms with van der Waals surface area (Å²) in [4.78, 5) is 55.7. The predicted octanol–water partition coefficient (Wildman–Crippen LogP) is -1.38. The Balaban J connectivity index is 2.20. The Kier molecular flexibility index (Phi) is 9.70. The number of amides is 3. The first-order valence-electron chi connectivity index (χ1n) is 9.79. The lowest BCUT2D eigenvalue weighted by molar-refractivity contribution is -0.141. The highest BCUT2D eigenvalue weighted by molar-refractivity contribution is 7.80. The molecule has 0 aliphatic heterocycles. The Bertz CT molecular complexity index is 908. The summed E-state index contributed by atoms with van der Waals surface area (Å²) in [6.07, 6.45) is 3.10. The molecule has 3 amide bonds. The van der Waals surface area contributed by atoms with Crippen molar-refractivity contribution < 1.29 is 24.3 Å². The fourth-order valence-electron chi connectivity index (χ4n) is 2.87. The van der Waals surface area contributed by atoms with Crippen LogP contribution in [0.1, 0.15) is 11.3 Å². The van der Waals surface area contributed by atoms with E-state index in [1.807, 2.05) is 6.07 Å². The molecule has 0 bridgehead atoms. The zero-order chi connectivity index (χ0) is 23.5. The average Bonchev–Trinajstić information content (AvgIpc) is 3.29. The van der Waals surface area contributed by atoms with Crippen LogP contribution in [-0.4, -0.2) is 69.2 Å². The van der Waals surface area contributed by atoms with Crippen LogP contribution in [-0.2, 0) is 32.0 Å². The summed E-state index contributed by atoms with van der Waals surface area (Å²) in [6.45, 7) is -0.307. The summed E-state index contributed by atoms with van der Waals surface area (Å²) >= 11 is 3.94. The van der Waals surface area contributed by atoms with E-state index in [1.54, 1.807) is 24.3 Å². The van der Waals surface area contributed by atoms with Gasteiger partial charge in [-0.25, -0.2) is 9.78 Å². The number of nitrogens with two attached hydrogens (primary N) is 1. The maximum absolute atomic E-state index is 13.0. The zero-order valence-electron chi connectivity index (χ0n) is 17.2. The number of nitrogens with one attached hydrogen (secondary N) is 4. The number of imidazole rings is 1. The Morgan fingerprint density at radius 1 is 1.00 bits per heavy atom. The second-order valence-electron chi connectivity index (χ2n) is 6.94. The molecule has 2 rings (SSSR count). The van der Waals surface area contributed by atoms with Gasteiger partial charge in [0, 0.05) is 30.5 Å². The minimum atomic E-state index is -1.25. The molecule has 0 spiro atoms. The molecule has 1 heterocycles. The normalized spacial score (nSPS) is 13.4. The highest BCUT2D eigenvalue weighted by Crippen LogP contribution is 2.06. The molecule has 3 atom stereocenters. The summed E-state index contributed by atoms with van der Waals surface area (Å²) in [5.41, 5.74) is 6.71. The fourth-order valence-corrected chi connectivity index (χ4v) is 3.12. The van der Waals surface area contributed by atoms with E-state index in [0.29, 0.717) is 5.69 Å². The van der Waals surface area contributed by atoms with E-state index in [1.165, 1.54) is 12.5 Å². The number of H-pyrrole nitrogens is 1. The van der Waals surface area contributed by atoms with E-state index in [-0.39, 0.29) is 25.1 Å². The highest BCUT2D eigenvalue weighted by Gasteiger charge is 2.29. The van der Waals surface area contributed by atoms with E-state index >= 15 is 0 Å². The van der Waals surface area contributed by atoms with Crippen molar-refractivity contribution in [2.75, 3.05) is 12.3 Å². The number of benzene rings is 1. The van der Waals surface area contributed by atoms with Gasteiger partial charge in [-0.05, 0) is 5.56 Å². The summed E-state index contributed by atoms with van der Waals surface area (Å²) in [6, 6.07) is 5.66. The van der Waals surface area contributed by atoms with Gasteiger partial charge in [0.25, 0.3) is 0 Å². The lowest BCUT2D eigenvalue weighted by Gasteiger charge is -2.24. The van der Waals surface area contributed by atoms with Gasteiger partial charge in [-0.15, -0.1) is 0 Å². The zero-order valence-corrected chi connectivity index (χ0v) is 18.0. The van der Waals surface area contributed by atoms with Crippen molar-refractivity contribution in [1.82, 2.24) is 25.9 Å². The van der Waals surface area contributed by atoms with Crippen molar-refractivity contribution in [2.24, 2.45) is 5.73 Å². The van der Waals surface area contributed by atoms with Crippen molar-refractivity contribution in [3.63, 3.8) is 0 Å². The lowest BCUT2D eigenvalue weighted by atomic mass is 10.0. The Labute approximate surface area is 190 Å². The standard InChI is InChI=1S/C20H26N6O5S/c21-8-17(27)24-14(6-12-4-2-1-3-5-12)18(28)25-15(7-13-9-22-11-23-13)19(29)26-16(10-32)20(30)31/h1-5,9,11,14-16,32H,6-8,10,21H2,(H,22,23)(H,24,27)(H,25,28)(H,26,29)(H,30,31). The molecule has 7 N–H and O–H groups in total. The molecule has 0 fully saturated rings. The third-order valence-electron chi connectivity index (χ3n) is 4.53. The number of aliphatic carboxylic acids is 1. The van der Waals surface area contributed by atoms with E-state index in [4.69, 9.17) is 5.73 Å². The molecule has 172 valence electrons. The van der Waals surface area contributed by atoms with Crippen molar-refractivity contribution >= 4 is 36.3 Å². The van der Waals surface area contributed by atoms with Crippen molar-refractivity contribution in [3.8, 4) is 0 Å². The van der Waals surface area contributed by atoms with Crippen molar-refractivity contribution in [1.29, 1.82) is 0 Å². The molecule has 11 nitrogen and oxygen atoms in total. The van der Waals surface area contributed by atoms with Crippen LogP contribution in [0, 0.1) is 0 Å². The number of hydrogen-bond acceptors (Lipinski definition) is 7. The molecular formula is C20H26N6O5S. The highest BCUT2D eigenvalue weighted by atomic mass is 32.1. The van der Waals surface area contributed by atoms with Gasteiger partial charge in [0.1, 0.15) is 18.1 Å². The maximum Gasteiger partial charge on any atom is 0.327 e. The number of aromatic amines is 1. The van der Waals surface area contributed by atoms with E-state index in [9.17, 15) is 24.3 Å². The quantitative estimate of drug-likeness (QED) is 0.190. The van der Waals surface area contributed by atoms with Crippen LogP contribution in [0.15, 0.2) is 42.9 Å². The van der Waals surface area contributed by atoms with Crippen LogP contribution < -0.4 is 21.7 Å². The third kappa shape index (κ3) is 7.71. The number of carboxylic acids is 1. The summed E-state index contributed by atoms with van der Waals surface area (Å²) in [5.74, 6) is -3.24. The van der Waals surface area contributed by atoms with Gasteiger partial charge < -0.3 is 31.8 Å². The van der Waals surface area contributed by atoms with Crippen LogP contribution in [0.25, 0.3) is 0 Å². The number of carboxylic acid groups (broad SMARTS) is 1.